The minimum atomic E-state index is -0.463. The van der Waals surface area contributed by atoms with E-state index in [0.717, 1.165) is 12.8 Å². The molecular formula is C13H24Cl2N4O2. The molecule has 0 spiro atoms. The second-order valence-electron chi connectivity index (χ2n) is 5.12. The number of aromatic nitrogens is 2. The summed E-state index contributed by atoms with van der Waals surface area (Å²) >= 11 is 0. The molecule has 1 fully saturated rings. The number of aryl methyl sites for hydroxylation is 1. The third kappa shape index (κ3) is 5.82. The highest BCUT2D eigenvalue weighted by Crippen LogP contribution is 2.17. The largest absolute Gasteiger partial charge is 0.396 e. The lowest BCUT2D eigenvalue weighted by Crippen LogP contribution is -2.47. The van der Waals surface area contributed by atoms with Crippen molar-refractivity contribution in [1.29, 1.82) is 0 Å². The average Bonchev–Trinajstić information content (AvgIpc) is 2.97. The summed E-state index contributed by atoms with van der Waals surface area (Å²) in [6.07, 6.45) is 5.92. The number of hydrogen-bond donors (Lipinski definition) is 2. The van der Waals surface area contributed by atoms with Crippen molar-refractivity contribution in [3.8, 4) is 0 Å². The molecule has 8 heteroatoms. The van der Waals surface area contributed by atoms with Gasteiger partial charge in [-0.3, -0.25) is 9.48 Å². The van der Waals surface area contributed by atoms with Gasteiger partial charge < -0.3 is 15.7 Å². The van der Waals surface area contributed by atoms with Gasteiger partial charge >= 0.3 is 0 Å². The van der Waals surface area contributed by atoms with Crippen molar-refractivity contribution in [2.24, 2.45) is 11.7 Å². The van der Waals surface area contributed by atoms with Gasteiger partial charge in [0.1, 0.15) is 0 Å². The predicted octanol–water partition coefficient (Wildman–Crippen LogP) is 0.675. The van der Waals surface area contributed by atoms with E-state index in [1.807, 2.05) is 17.2 Å². The van der Waals surface area contributed by atoms with Crippen LogP contribution >= 0.6 is 24.8 Å². The lowest BCUT2D eigenvalue weighted by atomic mass is 9.97. The van der Waals surface area contributed by atoms with Crippen LogP contribution in [-0.4, -0.2) is 51.4 Å². The highest BCUT2D eigenvalue weighted by Gasteiger charge is 2.25. The van der Waals surface area contributed by atoms with Crippen LogP contribution in [0.2, 0.25) is 0 Å². The molecule has 1 aliphatic rings. The third-order valence-electron chi connectivity index (χ3n) is 3.73. The number of carbonyl (C=O) groups is 1. The van der Waals surface area contributed by atoms with E-state index in [4.69, 9.17) is 10.8 Å². The maximum atomic E-state index is 12.2. The van der Waals surface area contributed by atoms with Crippen molar-refractivity contribution >= 4 is 30.7 Å². The number of halogens is 2. The van der Waals surface area contributed by atoms with Gasteiger partial charge in [-0.2, -0.15) is 5.10 Å². The number of hydrogen-bond acceptors (Lipinski definition) is 4. The number of amides is 1. The maximum Gasteiger partial charge on any atom is 0.239 e. The molecule has 0 aliphatic carbocycles. The SMILES string of the molecule is Cl.Cl.NC(CCn1cccn1)C(=O)N1CCC(CO)CC1. The van der Waals surface area contributed by atoms with Gasteiger partial charge in [0.15, 0.2) is 0 Å². The minimum Gasteiger partial charge on any atom is -0.396 e. The Labute approximate surface area is 137 Å². The van der Waals surface area contributed by atoms with Crippen molar-refractivity contribution in [1.82, 2.24) is 14.7 Å². The number of carbonyl (C=O) groups excluding carboxylic acids is 1. The van der Waals surface area contributed by atoms with E-state index in [1.54, 1.807) is 10.9 Å². The maximum absolute atomic E-state index is 12.2. The second kappa shape index (κ2) is 10.00. The van der Waals surface area contributed by atoms with Gasteiger partial charge in [-0.1, -0.05) is 0 Å². The third-order valence-corrected chi connectivity index (χ3v) is 3.73. The number of likely N-dealkylation sites (tertiary alicyclic amines) is 1. The Hall–Kier alpha value is -0.820. The summed E-state index contributed by atoms with van der Waals surface area (Å²) in [5.41, 5.74) is 5.95. The molecule has 1 amide bonds. The van der Waals surface area contributed by atoms with Crippen LogP contribution in [0.3, 0.4) is 0 Å². The molecule has 3 N–H and O–H groups in total. The first-order valence-electron chi connectivity index (χ1n) is 6.83. The summed E-state index contributed by atoms with van der Waals surface area (Å²) in [7, 11) is 0. The number of aliphatic hydroxyl groups is 1. The molecule has 0 radical (unpaired) electrons. The van der Waals surface area contributed by atoms with E-state index in [9.17, 15) is 4.79 Å². The van der Waals surface area contributed by atoms with Gasteiger partial charge in [0, 0.05) is 38.6 Å². The van der Waals surface area contributed by atoms with Crippen LogP contribution in [0.5, 0.6) is 0 Å². The fraction of sp³-hybridized carbons (Fsp3) is 0.692. The topological polar surface area (TPSA) is 84.4 Å². The van der Waals surface area contributed by atoms with Gasteiger partial charge in [-0.25, -0.2) is 0 Å². The monoisotopic (exact) mass is 338 g/mol. The standard InChI is InChI=1S/C13H22N4O2.2ClH/c14-12(4-9-17-6-1-5-15-17)13(19)16-7-2-11(10-18)3-8-16;;/h1,5-6,11-12,18H,2-4,7-10,14H2;2*1H. The molecule has 1 aromatic rings. The van der Waals surface area contributed by atoms with E-state index < -0.39 is 6.04 Å². The Bertz CT molecular complexity index is 395. The van der Waals surface area contributed by atoms with Crippen molar-refractivity contribution < 1.29 is 9.90 Å². The van der Waals surface area contributed by atoms with Crippen LogP contribution in [0.25, 0.3) is 0 Å². The van der Waals surface area contributed by atoms with Crippen LogP contribution in [0, 0.1) is 5.92 Å². The Kier molecular flexibility index (Phi) is 9.61. The molecule has 0 aromatic carbocycles. The van der Waals surface area contributed by atoms with Gasteiger partial charge in [0.25, 0.3) is 0 Å². The van der Waals surface area contributed by atoms with Gasteiger partial charge in [-0.15, -0.1) is 24.8 Å². The van der Waals surface area contributed by atoms with E-state index in [0.29, 0.717) is 32.0 Å². The van der Waals surface area contributed by atoms with Crippen LogP contribution in [0.15, 0.2) is 18.5 Å². The zero-order valence-electron chi connectivity index (χ0n) is 11.9. The normalized spacial score (nSPS) is 16.8. The summed E-state index contributed by atoms with van der Waals surface area (Å²) in [6.45, 7) is 2.29. The van der Waals surface area contributed by atoms with Crippen LogP contribution in [0.4, 0.5) is 0 Å². The minimum absolute atomic E-state index is 0. The summed E-state index contributed by atoms with van der Waals surface area (Å²) in [4.78, 5) is 14.0. The molecular weight excluding hydrogens is 315 g/mol. The van der Waals surface area contributed by atoms with Crippen LogP contribution in [0.1, 0.15) is 19.3 Å². The first-order valence-corrected chi connectivity index (χ1v) is 6.83. The van der Waals surface area contributed by atoms with Gasteiger partial charge in [-0.05, 0) is 31.2 Å². The van der Waals surface area contributed by atoms with E-state index >= 15 is 0 Å². The first-order chi connectivity index (χ1) is 9.20. The molecule has 122 valence electrons. The molecule has 0 saturated carbocycles. The molecule has 1 atom stereocenters. The van der Waals surface area contributed by atoms with Crippen molar-refractivity contribution in [3.63, 3.8) is 0 Å². The number of nitrogens with zero attached hydrogens (tertiary/aromatic N) is 3. The Balaban J connectivity index is 0.00000200. The fourth-order valence-electron chi connectivity index (χ4n) is 2.40. The molecule has 2 heterocycles. The average molecular weight is 339 g/mol. The zero-order valence-corrected chi connectivity index (χ0v) is 13.6. The van der Waals surface area contributed by atoms with Crippen LogP contribution in [-0.2, 0) is 11.3 Å². The van der Waals surface area contributed by atoms with Gasteiger partial charge in [0.05, 0.1) is 6.04 Å². The summed E-state index contributed by atoms with van der Waals surface area (Å²) in [6, 6.07) is 1.39. The van der Waals surface area contributed by atoms with E-state index in [-0.39, 0.29) is 37.3 Å². The molecule has 21 heavy (non-hydrogen) atoms. The van der Waals surface area contributed by atoms with E-state index in [2.05, 4.69) is 5.10 Å². The second-order valence-corrected chi connectivity index (χ2v) is 5.12. The quantitative estimate of drug-likeness (QED) is 0.826. The van der Waals surface area contributed by atoms with Gasteiger partial charge in [0.2, 0.25) is 5.91 Å². The summed E-state index contributed by atoms with van der Waals surface area (Å²) in [5.74, 6) is 0.355. The highest BCUT2D eigenvalue weighted by molar-refractivity contribution is 5.85. The number of aliphatic hydroxyl groups excluding tert-OH is 1. The number of rotatable bonds is 5. The molecule has 1 aromatic heterocycles. The first kappa shape index (κ1) is 20.2. The fourth-order valence-corrected chi connectivity index (χ4v) is 2.40. The molecule has 1 saturated heterocycles. The Morgan fingerprint density at radius 1 is 1.38 bits per heavy atom. The zero-order chi connectivity index (χ0) is 13.7. The lowest BCUT2D eigenvalue weighted by molar-refractivity contribution is -0.134. The van der Waals surface area contributed by atoms with Crippen LogP contribution < -0.4 is 5.73 Å². The Morgan fingerprint density at radius 2 is 2.05 bits per heavy atom. The van der Waals surface area contributed by atoms with Crippen molar-refractivity contribution in [2.45, 2.75) is 31.8 Å². The highest BCUT2D eigenvalue weighted by atomic mass is 35.5. The van der Waals surface area contributed by atoms with Crippen molar-refractivity contribution in [3.05, 3.63) is 18.5 Å². The molecule has 2 rings (SSSR count). The summed E-state index contributed by atoms with van der Waals surface area (Å²) < 4.78 is 1.78. The molecule has 1 aliphatic heterocycles. The number of nitrogens with two attached hydrogens (primary N) is 1. The lowest BCUT2D eigenvalue weighted by Gasteiger charge is -2.32. The van der Waals surface area contributed by atoms with Crippen molar-refractivity contribution in [2.75, 3.05) is 19.7 Å². The molecule has 6 nitrogen and oxygen atoms in total. The smallest absolute Gasteiger partial charge is 0.239 e. The van der Waals surface area contributed by atoms with E-state index in [1.165, 1.54) is 0 Å². The Morgan fingerprint density at radius 3 is 2.57 bits per heavy atom. The predicted molar refractivity (Wildman–Crippen MR) is 85.7 cm³/mol. The molecule has 1 unspecified atom stereocenters. The number of piperidine rings is 1. The molecule has 0 bridgehead atoms. The summed E-state index contributed by atoms with van der Waals surface area (Å²) in [5, 5.41) is 13.2.